The molecule has 58 valence electrons. The Morgan fingerprint density at radius 1 is 1.00 bits per heavy atom. The van der Waals surface area contributed by atoms with E-state index in [0.29, 0.717) is 5.92 Å². The number of aliphatic hydroxyl groups excluding tert-OH is 1. The predicted octanol–water partition coefficient (Wildman–Crippen LogP) is 1.95. The minimum absolute atomic E-state index is 0.0524. The maximum Gasteiger partial charge on any atom is 0.0568 e. The molecule has 1 nitrogen and oxygen atoms in total. The van der Waals surface area contributed by atoms with Crippen molar-refractivity contribution in [3.8, 4) is 0 Å². The van der Waals surface area contributed by atoms with Gasteiger partial charge < -0.3 is 5.11 Å². The highest BCUT2D eigenvalue weighted by Crippen LogP contribution is 2.39. The van der Waals surface area contributed by atoms with Crippen molar-refractivity contribution in [3.63, 3.8) is 0 Å². The van der Waals surface area contributed by atoms with Crippen molar-refractivity contribution in [2.24, 2.45) is 11.8 Å². The van der Waals surface area contributed by atoms with E-state index in [1.54, 1.807) is 0 Å². The summed E-state index contributed by atoms with van der Waals surface area (Å²) in [6, 6.07) is 0. The van der Waals surface area contributed by atoms with Gasteiger partial charge in [-0.3, -0.25) is 0 Å². The molecule has 1 heteroatoms. The zero-order valence-electron chi connectivity index (χ0n) is 6.42. The van der Waals surface area contributed by atoms with E-state index < -0.39 is 0 Å². The molecule has 1 N–H and O–H groups in total. The fourth-order valence-corrected chi connectivity index (χ4v) is 2.59. The Bertz CT molecular complexity index is 120. The molecule has 0 radical (unpaired) electrons. The summed E-state index contributed by atoms with van der Waals surface area (Å²) < 4.78 is 0. The molecule has 3 atom stereocenters. The number of hydrogen-bond donors (Lipinski definition) is 1. The largest absolute Gasteiger partial charge is 0.393 e. The first-order chi connectivity index (χ1) is 4.86. The van der Waals surface area contributed by atoms with Crippen LogP contribution in [0, 0.1) is 11.8 Å². The first-order valence-corrected chi connectivity index (χ1v) is 4.54. The van der Waals surface area contributed by atoms with Crippen molar-refractivity contribution >= 4 is 0 Å². The molecule has 2 aliphatic rings. The highest BCUT2D eigenvalue weighted by molar-refractivity contribution is 4.83. The van der Waals surface area contributed by atoms with Gasteiger partial charge in [0.15, 0.2) is 0 Å². The minimum atomic E-state index is 0.0524. The zero-order chi connectivity index (χ0) is 6.97. The summed E-state index contributed by atoms with van der Waals surface area (Å²) in [4.78, 5) is 0. The van der Waals surface area contributed by atoms with E-state index in [1.165, 1.54) is 32.1 Å². The van der Waals surface area contributed by atoms with E-state index >= 15 is 0 Å². The third kappa shape index (κ3) is 1.07. The van der Waals surface area contributed by atoms with Crippen molar-refractivity contribution in [1.29, 1.82) is 0 Å². The van der Waals surface area contributed by atoms with Crippen LogP contribution < -0.4 is 0 Å². The normalized spacial score (nSPS) is 47.1. The molecule has 2 bridgehead atoms. The van der Waals surface area contributed by atoms with Gasteiger partial charge in [-0.05, 0) is 37.5 Å². The van der Waals surface area contributed by atoms with Crippen LogP contribution in [0.3, 0.4) is 0 Å². The van der Waals surface area contributed by atoms with Gasteiger partial charge in [-0.1, -0.05) is 12.8 Å². The lowest BCUT2D eigenvalue weighted by Gasteiger charge is -2.37. The van der Waals surface area contributed by atoms with Crippen LogP contribution in [-0.2, 0) is 0 Å². The maximum absolute atomic E-state index is 9.52. The summed E-state index contributed by atoms with van der Waals surface area (Å²) in [5.74, 6) is 1.65. The molecular formula is C9H16O. The first-order valence-electron chi connectivity index (χ1n) is 4.54. The number of hydrogen-bond acceptors (Lipinski definition) is 1. The van der Waals surface area contributed by atoms with Gasteiger partial charge in [0.2, 0.25) is 0 Å². The number of rotatable bonds is 0. The SMILES string of the molecule is O[C@@H]1CC[C@@H]2CCC[C@H]1C2. The van der Waals surface area contributed by atoms with Crippen LogP contribution in [0.1, 0.15) is 38.5 Å². The molecule has 2 fully saturated rings. The Balaban J connectivity index is 2.00. The molecule has 0 spiro atoms. The van der Waals surface area contributed by atoms with Gasteiger partial charge in [0.1, 0.15) is 0 Å². The van der Waals surface area contributed by atoms with Crippen molar-refractivity contribution in [3.05, 3.63) is 0 Å². The average molecular weight is 140 g/mol. The molecule has 2 aliphatic carbocycles. The van der Waals surface area contributed by atoms with Gasteiger partial charge in [0, 0.05) is 0 Å². The van der Waals surface area contributed by atoms with Crippen molar-refractivity contribution in [1.82, 2.24) is 0 Å². The van der Waals surface area contributed by atoms with E-state index in [9.17, 15) is 5.11 Å². The fourth-order valence-electron chi connectivity index (χ4n) is 2.59. The second-order valence-electron chi connectivity index (χ2n) is 3.94. The Labute approximate surface area is 62.4 Å². The van der Waals surface area contributed by atoms with Crippen molar-refractivity contribution in [2.45, 2.75) is 44.6 Å². The molecule has 10 heavy (non-hydrogen) atoms. The highest BCUT2D eigenvalue weighted by Gasteiger charge is 2.31. The summed E-state index contributed by atoms with van der Waals surface area (Å²) in [5.41, 5.74) is 0. The van der Waals surface area contributed by atoms with Gasteiger partial charge in [-0.2, -0.15) is 0 Å². The fraction of sp³-hybridized carbons (Fsp3) is 1.00. The minimum Gasteiger partial charge on any atom is -0.393 e. The molecule has 0 saturated heterocycles. The summed E-state index contributed by atoms with van der Waals surface area (Å²) >= 11 is 0. The summed E-state index contributed by atoms with van der Waals surface area (Å²) in [5, 5.41) is 9.52. The predicted molar refractivity (Wildman–Crippen MR) is 40.7 cm³/mol. The second kappa shape index (κ2) is 2.54. The Kier molecular flexibility index (Phi) is 1.69. The summed E-state index contributed by atoms with van der Waals surface area (Å²) in [6.45, 7) is 0. The molecule has 0 aliphatic heterocycles. The monoisotopic (exact) mass is 140 g/mol. The molecule has 0 unspecified atom stereocenters. The van der Waals surface area contributed by atoms with Crippen LogP contribution in [0.15, 0.2) is 0 Å². The molecule has 0 aromatic heterocycles. The number of aliphatic hydroxyl groups is 1. The quantitative estimate of drug-likeness (QED) is 0.545. The maximum atomic E-state index is 9.52. The van der Waals surface area contributed by atoms with Gasteiger partial charge in [-0.25, -0.2) is 0 Å². The number of fused-ring (bicyclic) bond motifs is 2. The molecule has 0 aromatic rings. The topological polar surface area (TPSA) is 20.2 Å². The Morgan fingerprint density at radius 3 is 2.70 bits per heavy atom. The average Bonchev–Trinajstić information content (AvgIpc) is 1.99. The molecule has 0 aromatic carbocycles. The van der Waals surface area contributed by atoms with Crippen LogP contribution in [0.5, 0.6) is 0 Å². The lowest BCUT2D eigenvalue weighted by molar-refractivity contribution is 0.0224. The van der Waals surface area contributed by atoms with E-state index in [1.807, 2.05) is 0 Å². The van der Waals surface area contributed by atoms with Gasteiger partial charge in [0.05, 0.1) is 6.10 Å². The first kappa shape index (κ1) is 6.66. The Morgan fingerprint density at radius 2 is 1.90 bits per heavy atom. The van der Waals surface area contributed by atoms with Gasteiger partial charge in [0.25, 0.3) is 0 Å². The smallest absolute Gasteiger partial charge is 0.0568 e. The van der Waals surface area contributed by atoms with Crippen LogP contribution in [0.2, 0.25) is 0 Å². The van der Waals surface area contributed by atoms with Crippen LogP contribution in [-0.4, -0.2) is 11.2 Å². The molecule has 2 rings (SSSR count). The third-order valence-corrected chi connectivity index (χ3v) is 3.24. The Hall–Kier alpha value is -0.0400. The van der Waals surface area contributed by atoms with Crippen LogP contribution >= 0.6 is 0 Å². The van der Waals surface area contributed by atoms with Crippen molar-refractivity contribution < 1.29 is 5.11 Å². The second-order valence-corrected chi connectivity index (χ2v) is 3.94. The summed E-state index contributed by atoms with van der Waals surface area (Å²) in [6.07, 6.45) is 7.83. The van der Waals surface area contributed by atoms with Crippen LogP contribution in [0.4, 0.5) is 0 Å². The standard InChI is InChI=1S/C9H16O/c10-9-5-4-7-2-1-3-8(9)6-7/h7-10H,1-6H2/t7-,8-,9+/m0/s1. The lowest BCUT2D eigenvalue weighted by atomic mass is 9.71. The van der Waals surface area contributed by atoms with Gasteiger partial charge in [-0.15, -0.1) is 0 Å². The molecule has 2 saturated carbocycles. The third-order valence-electron chi connectivity index (χ3n) is 3.24. The summed E-state index contributed by atoms with van der Waals surface area (Å²) in [7, 11) is 0. The van der Waals surface area contributed by atoms with E-state index in [0.717, 1.165) is 12.3 Å². The van der Waals surface area contributed by atoms with Crippen LogP contribution in [0.25, 0.3) is 0 Å². The molecule has 0 heterocycles. The zero-order valence-corrected chi connectivity index (χ0v) is 6.42. The van der Waals surface area contributed by atoms with E-state index in [2.05, 4.69) is 0 Å². The van der Waals surface area contributed by atoms with E-state index in [4.69, 9.17) is 0 Å². The highest BCUT2D eigenvalue weighted by atomic mass is 16.3. The van der Waals surface area contributed by atoms with Crippen molar-refractivity contribution in [2.75, 3.05) is 0 Å². The van der Waals surface area contributed by atoms with E-state index in [-0.39, 0.29) is 6.10 Å². The molecule has 0 amide bonds. The van der Waals surface area contributed by atoms with Gasteiger partial charge >= 0.3 is 0 Å². The lowest BCUT2D eigenvalue weighted by Crippen LogP contribution is -2.32. The molecular weight excluding hydrogens is 124 g/mol.